The number of nitrogens with zero attached hydrogens (tertiary/aromatic N) is 2. The highest BCUT2D eigenvalue weighted by Gasteiger charge is 2.51. The van der Waals surface area contributed by atoms with Gasteiger partial charge >= 0.3 is 6.18 Å². The fourth-order valence-electron chi connectivity index (χ4n) is 3.86. The Morgan fingerprint density at radius 2 is 1.70 bits per heavy atom. The first-order valence-corrected chi connectivity index (χ1v) is 10.1. The van der Waals surface area contributed by atoms with Crippen LogP contribution in [-0.4, -0.2) is 11.0 Å². The third-order valence-electron chi connectivity index (χ3n) is 5.43. The van der Waals surface area contributed by atoms with Gasteiger partial charge in [0, 0.05) is 6.42 Å². The van der Waals surface area contributed by atoms with E-state index in [9.17, 15) is 22.4 Å². The second-order valence-electron chi connectivity index (χ2n) is 7.48. The van der Waals surface area contributed by atoms with Crippen LogP contribution in [0.2, 0.25) is 0 Å². The molecule has 1 amide bonds. The normalized spacial score (nSPS) is 18.2. The summed E-state index contributed by atoms with van der Waals surface area (Å²) in [5.74, 6) is -1.02. The fourth-order valence-corrected chi connectivity index (χ4v) is 4.22. The number of nitrogens with one attached hydrogen (secondary N) is 1. The first kappa shape index (κ1) is 22.4. The van der Waals surface area contributed by atoms with Crippen molar-refractivity contribution in [2.45, 2.75) is 18.1 Å². The van der Waals surface area contributed by atoms with E-state index in [-0.39, 0.29) is 17.2 Å². The lowest BCUT2D eigenvalue weighted by molar-refractivity contribution is -0.137. The number of carbonyl (C=O) groups excluding carboxylic acids is 1. The molecule has 4 nitrogen and oxygen atoms in total. The van der Waals surface area contributed by atoms with Crippen LogP contribution in [-0.2, 0) is 22.9 Å². The minimum absolute atomic E-state index is 0.0785. The van der Waals surface area contributed by atoms with Gasteiger partial charge in [-0.3, -0.25) is 9.69 Å². The van der Waals surface area contributed by atoms with Gasteiger partial charge < -0.3 is 5.32 Å². The number of halogens is 4. The van der Waals surface area contributed by atoms with Crippen LogP contribution in [0, 0.1) is 17.1 Å². The quantitative estimate of drug-likeness (QED) is 0.428. The van der Waals surface area contributed by atoms with E-state index in [2.05, 4.69) is 5.32 Å². The van der Waals surface area contributed by atoms with Gasteiger partial charge in [-0.15, -0.1) is 0 Å². The molecule has 4 rings (SSSR count). The van der Waals surface area contributed by atoms with E-state index >= 15 is 0 Å². The molecule has 1 aliphatic rings. The average Bonchev–Trinajstić information content (AvgIpc) is 3.05. The van der Waals surface area contributed by atoms with Gasteiger partial charge in [0.25, 0.3) is 5.91 Å². The number of thiocarbonyl (C=S) groups is 1. The van der Waals surface area contributed by atoms with Crippen LogP contribution in [0.1, 0.15) is 22.3 Å². The highest BCUT2D eigenvalue weighted by molar-refractivity contribution is 7.80. The average molecular weight is 469 g/mol. The molecule has 1 fully saturated rings. The molecule has 0 aromatic heterocycles. The van der Waals surface area contributed by atoms with E-state index in [1.807, 2.05) is 0 Å². The topological polar surface area (TPSA) is 56.1 Å². The van der Waals surface area contributed by atoms with E-state index in [1.165, 1.54) is 36.4 Å². The summed E-state index contributed by atoms with van der Waals surface area (Å²) >= 11 is 5.37. The Balaban J connectivity index is 1.82. The monoisotopic (exact) mass is 469 g/mol. The van der Waals surface area contributed by atoms with Gasteiger partial charge in [-0.05, 0) is 53.7 Å². The van der Waals surface area contributed by atoms with Gasteiger partial charge in [0.15, 0.2) is 5.11 Å². The summed E-state index contributed by atoms with van der Waals surface area (Å²) in [5, 5.41) is 12.0. The molecule has 0 saturated carbocycles. The van der Waals surface area contributed by atoms with E-state index < -0.39 is 34.6 Å². The van der Waals surface area contributed by atoms with E-state index in [1.54, 1.807) is 30.3 Å². The summed E-state index contributed by atoms with van der Waals surface area (Å²) in [6, 6.07) is 18.7. The molecular formula is C24H15F4N3OS. The summed E-state index contributed by atoms with van der Waals surface area (Å²) < 4.78 is 53.9. The third kappa shape index (κ3) is 4.05. The lowest BCUT2D eigenvalue weighted by atomic mass is 9.83. The lowest BCUT2D eigenvalue weighted by Gasteiger charge is -2.28. The number of alkyl halides is 3. The lowest BCUT2D eigenvalue weighted by Crippen LogP contribution is -2.46. The molecule has 1 aliphatic heterocycles. The zero-order valence-corrected chi connectivity index (χ0v) is 17.7. The molecule has 1 atom stereocenters. The predicted molar refractivity (Wildman–Crippen MR) is 118 cm³/mol. The Labute approximate surface area is 192 Å². The van der Waals surface area contributed by atoms with Crippen molar-refractivity contribution in [3.8, 4) is 6.07 Å². The molecule has 3 aromatic rings. The number of hydrogen-bond donors (Lipinski definition) is 1. The zero-order chi connectivity index (χ0) is 23.8. The van der Waals surface area contributed by atoms with Crippen molar-refractivity contribution < 1.29 is 22.4 Å². The molecule has 0 radical (unpaired) electrons. The van der Waals surface area contributed by atoms with Crippen molar-refractivity contribution in [3.05, 3.63) is 101 Å². The molecule has 1 heterocycles. The Morgan fingerprint density at radius 1 is 1.03 bits per heavy atom. The van der Waals surface area contributed by atoms with Crippen LogP contribution in [0.25, 0.3) is 0 Å². The number of nitriles is 1. The molecule has 1 unspecified atom stereocenters. The third-order valence-corrected chi connectivity index (χ3v) is 5.71. The number of amides is 1. The van der Waals surface area contributed by atoms with Gasteiger partial charge in [0.05, 0.1) is 22.9 Å². The number of benzene rings is 3. The largest absolute Gasteiger partial charge is 0.417 e. The van der Waals surface area contributed by atoms with Gasteiger partial charge in [-0.2, -0.15) is 18.4 Å². The molecule has 1 N–H and O–H groups in total. The molecule has 3 aromatic carbocycles. The van der Waals surface area contributed by atoms with Crippen LogP contribution in [0.15, 0.2) is 72.8 Å². The van der Waals surface area contributed by atoms with Crippen LogP contribution < -0.4 is 10.2 Å². The minimum Gasteiger partial charge on any atom is -0.344 e. The highest BCUT2D eigenvalue weighted by atomic mass is 32.1. The molecule has 0 bridgehead atoms. The van der Waals surface area contributed by atoms with E-state index in [4.69, 9.17) is 17.5 Å². The summed E-state index contributed by atoms with van der Waals surface area (Å²) in [6.45, 7) is 0. The van der Waals surface area contributed by atoms with Gasteiger partial charge in [0.2, 0.25) is 0 Å². The molecule has 33 heavy (non-hydrogen) atoms. The summed E-state index contributed by atoms with van der Waals surface area (Å²) in [5.41, 5.74) is -2.06. The number of hydrogen-bond acceptors (Lipinski definition) is 3. The maximum atomic E-state index is 13.8. The molecule has 9 heteroatoms. The zero-order valence-electron chi connectivity index (χ0n) is 16.9. The number of carbonyl (C=O) groups is 1. The van der Waals surface area contributed by atoms with E-state index in [0.29, 0.717) is 11.1 Å². The molecule has 1 saturated heterocycles. The van der Waals surface area contributed by atoms with Crippen LogP contribution >= 0.6 is 12.2 Å². The first-order chi connectivity index (χ1) is 15.7. The Bertz CT molecular complexity index is 1270. The van der Waals surface area contributed by atoms with Gasteiger partial charge in [-0.25, -0.2) is 4.39 Å². The Morgan fingerprint density at radius 3 is 2.30 bits per heavy atom. The van der Waals surface area contributed by atoms with Crippen LogP contribution in [0.3, 0.4) is 0 Å². The van der Waals surface area contributed by atoms with Crippen molar-refractivity contribution in [1.82, 2.24) is 5.32 Å². The Hall–Kier alpha value is -3.77. The van der Waals surface area contributed by atoms with E-state index in [0.717, 1.165) is 17.0 Å². The van der Waals surface area contributed by atoms with Crippen molar-refractivity contribution in [2.75, 3.05) is 4.90 Å². The van der Waals surface area contributed by atoms with Crippen molar-refractivity contribution >= 4 is 28.9 Å². The maximum absolute atomic E-state index is 13.8. The molecule has 166 valence electrons. The SMILES string of the molecule is N#Cc1ccc(N2C(=O)C(Cc3ccc(F)cc3)(c3ccccc3)NC2=S)cc1C(F)(F)F. The highest BCUT2D eigenvalue weighted by Crippen LogP contribution is 2.39. The number of rotatable bonds is 4. The Kier molecular flexibility index (Phi) is 5.64. The smallest absolute Gasteiger partial charge is 0.344 e. The van der Waals surface area contributed by atoms with Crippen molar-refractivity contribution in [1.29, 1.82) is 5.26 Å². The molecule has 0 aliphatic carbocycles. The summed E-state index contributed by atoms with van der Waals surface area (Å²) in [6.07, 6.45) is -4.71. The first-order valence-electron chi connectivity index (χ1n) is 9.74. The summed E-state index contributed by atoms with van der Waals surface area (Å²) in [7, 11) is 0. The van der Waals surface area contributed by atoms with Crippen molar-refractivity contribution in [2.24, 2.45) is 0 Å². The molecular weight excluding hydrogens is 454 g/mol. The minimum atomic E-state index is -4.79. The second-order valence-corrected chi connectivity index (χ2v) is 7.87. The molecule has 0 spiro atoms. The van der Waals surface area contributed by atoms with Gasteiger partial charge in [-0.1, -0.05) is 42.5 Å². The maximum Gasteiger partial charge on any atom is 0.417 e. The van der Waals surface area contributed by atoms with Gasteiger partial charge in [0.1, 0.15) is 11.4 Å². The second kappa shape index (κ2) is 8.30. The van der Waals surface area contributed by atoms with Crippen LogP contribution in [0.4, 0.5) is 23.2 Å². The standard InChI is InChI=1S/C24H15F4N3OS/c25-18-9-6-15(7-10-18)13-23(17-4-2-1-3-5-17)21(32)31(22(33)30-23)19-11-8-16(14-29)20(12-19)24(26,27)28/h1-12H,13H2,(H,30,33). The fraction of sp³-hybridized carbons (Fsp3) is 0.125. The summed E-state index contributed by atoms with van der Waals surface area (Å²) in [4.78, 5) is 14.8. The van der Waals surface area contributed by atoms with Crippen LogP contribution in [0.5, 0.6) is 0 Å². The number of anilines is 1. The van der Waals surface area contributed by atoms with Crippen molar-refractivity contribution in [3.63, 3.8) is 0 Å². The predicted octanol–water partition coefficient (Wildman–Crippen LogP) is 5.08.